The summed E-state index contributed by atoms with van der Waals surface area (Å²) in [7, 11) is 0. The lowest BCUT2D eigenvalue weighted by Crippen LogP contribution is -1.96. The molecule has 0 saturated carbocycles. The summed E-state index contributed by atoms with van der Waals surface area (Å²) >= 11 is 1.41. The summed E-state index contributed by atoms with van der Waals surface area (Å²) in [6, 6.07) is 3.64. The maximum absolute atomic E-state index is 11.5. The van der Waals surface area contributed by atoms with Crippen molar-refractivity contribution in [3.8, 4) is 0 Å². The molecule has 0 aliphatic carbocycles. The predicted octanol–water partition coefficient (Wildman–Crippen LogP) is 3.54. The first kappa shape index (κ1) is 14.6. The molecule has 1 aromatic heterocycles. The summed E-state index contributed by atoms with van der Waals surface area (Å²) in [5.41, 5.74) is 0. The lowest BCUT2D eigenvalue weighted by atomic mass is 10.1. The molecule has 0 aliphatic rings. The summed E-state index contributed by atoms with van der Waals surface area (Å²) < 4.78 is 0. The predicted molar refractivity (Wildman–Crippen MR) is 73.8 cm³/mol. The van der Waals surface area contributed by atoms with Crippen molar-refractivity contribution in [3.63, 3.8) is 0 Å². The molecule has 0 bridgehead atoms. The quantitative estimate of drug-likeness (QED) is 0.578. The fraction of sp³-hybridized carbons (Fsp3) is 0.429. The molecule has 3 nitrogen and oxygen atoms in total. The van der Waals surface area contributed by atoms with Gasteiger partial charge in [-0.25, -0.2) is 0 Å². The number of thiophene rings is 1. The van der Waals surface area contributed by atoms with Gasteiger partial charge in [-0.2, -0.15) is 0 Å². The van der Waals surface area contributed by atoms with Gasteiger partial charge in [-0.15, -0.1) is 11.3 Å². The van der Waals surface area contributed by atoms with Gasteiger partial charge in [0.25, 0.3) is 0 Å². The number of carbonyl (C=O) groups is 2. The highest BCUT2D eigenvalue weighted by molar-refractivity contribution is 7.13. The highest BCUT2D eigenvalue weighted by Gasteiger charge is 2.03. The number of unbranched alkanes of at least 4 members (excludes halogenated alkanes) is 2. The average Bonchev–Trinajstić information content (AvgIpc) is 2.73. The highest BCUT2D eigenvalue weighted by atomic mass is 32.1. The maximum atomic E-state index is 11.5. The van der Waals surface area contributed by atoms with Crippen LogP contribution in [0.1, 0.15) is 42.4 Å². The molecule has 1 heterocycles. The summed E-state index contributed by atoms with van der Waals surface area (Å²) in [6.45, 7) is 2.11. The van der Waals surface area contributed by atoms with Crippen LogP contribution in [0.4, 0.5) is 0 Å². The van der Waals surface area contributed by atoms with Gasteiger partial charge in [0, 0.05) is 16.2 Å². The molecule has 1 rings (SSSR count). The Morgan fingerprint density at radius 1 is 1.33 bits per heavy atom. The zero-order valence-electron chi connectivity index (χ0n) is 10.5. The van der Waals surface area contributed by atoms with Crippen LogP contribution in [0.3, 0.4) is 0 Å². The second-order valence-electron chi connectivity index (χ2n) is 4.13. The number of hydrogen-bond acceptors (Lipinski definition) is 3. The van der Waals surface area contributed by atoms with Gasteiger partial charge in [-0.05, 0) is 30.7 Å². The summed E-state index contributed by atoms with van der Waals surface area (Å²) in [6.07, 6.45) is 7.13. The van der Waals surface area contributed by atoms with Crippen LogP contribution in [0.25, 0.3) is 6.08 Å². The molecule has 0 aliphatic heterocycles. The third-order valence-electron chi connectivity index (χ3n) is 2.47. The van der Waals surface area contributed by atoms with Crippen LogP contribution in [-0.4, -0.2) is 16.9 Å². The van der Waals surface area contributed by atoms with Gasteiger partial charge in [0.15, 0.2) is 5.78 Å². The lowest BCUT2D eigenvalue weighted by molar-refractivity contribution is -0.136. The maximum Gasteiger partial charge on any atom is 0.308 e. The van der Waals surface area contributed by atoms with E-state index in [-0.39, 0.29) is 12.2 Å². The van der Waals surface area contributed by atoms with Gasteiger partial charge in [-0.1, -0.05) is 19.8 Å². The Hall–Kier alpha value is -1.42. The third-order valence-corrected chi connectivity index (χ3v) is 3.52. The largest absolute Gasteiger partial charge is 0.481 e. The summed E-state index contributed by atoms with van der Waals surface area (Å²) in [5.74, 6) is -0.695. The van der Waals surface area contributed by atoms with Crippen LogP contribution >= 0.6 is 11.3 Å². The molecule has 0 unspecified atom stereocenters. The number of hydrogen-bond donors (Lipinski definition) is 1. The van der Waals surface area contributed by atoms with Crippen molar-refractivity contribution in [1.29, 1.82) is 0 Å². The van der Waals surface area contributed by atoms with Crippen LogP contribution < -0.4 is 0 Å². The van der Waals surface area contributed by atoms with E-state index >= 15 is 0 Å². The van der Waals surface area contributed by atoms with E-state index in [4.69, 9.17) is 5.11 Å². The highest BCUT2D eigenvalue weighted by Crippen LogP contribution is 2.18. The molecule has 98 valence electrons. The molecule has 1 aromatic rings. The molecule has 0 fully saturated rings. The molecule has 0 spiro atoms. The number of carboxylic acid groups (broad SMARTS) is 1. The molecule has 18 heavy (non-hydrogen) atoms. The minimum Gasteiger partial charge on any atom is -0.481 e. The first-order valence-corrected chi connectivity index (χ1v) is 6.95. The Kier molecular flexibility index (Phi) is 6.36. The summed E-state index contributed by atoms with van der Waals surface area (Å²) in [4.78, 5) is 23.8. The zero-order chi connectivity index (χ0) is 13.4. The van der Waals surface area contributed by atoms with E-state index in [9.17, 15) is 9.59 Å². The Morgan fingerprint density at radius 2 is 2.11 bits per heavy atom. The standard InChI is InChI=1S/C14H18O3S/c1-2-3-4-5-11(15)6-7-12-8-9-13(18-12)10-14(16)17/h6-9H,2-5,10H2,1H3,(H,16,17). The minimum absolute atomic E-state index is 0.0446. The third kappa shape index (κ3) is 5.77. The fourth-order valence-corrected chi connectivity index (χ4v) is 2.44. The molecular weight excluding hydrogens is 248 g/mol. The number of carbonyl (C=O) groups excluding carboxylic acids is 1. The first-order chi connectivity index (χ1) is 8.61. The molecule has 0 amide bonds. The van der Waals surface area contributed by atoms with Crippen molar-refractivity contribution in [2.24, 2.45) is 0 Å². The SMILES string of the molecule is CCCCCC(=O)C=Cc1ccc(CC(=O)O)s1. The van der Waals surface area contributed by atoms with E-state index in [0.29, 0.717) is 6.42 Å². The molecule has 0 aromatic carbocycles. The second kappa shape index (κ2) is 7.82. The van der Waals surface area contributed by atoms with Crippen molar-refractivity contribution in [1.82, 2.24) is 0 Å². The lowest BCUT2D eigenvalue weighted by Gasteiger charge is -1.93. The molecule has 1 N–H and O–H groups in total. The van der Waals surface area contributed by atoms with Crippen LogP contribution in [0, 0.1) is 0 Å². The van der Waals surface area contributed by atoms with E-state index in [1.165, 1.54) is 11.3 Å². The molecule has 0 atom stereocenters. The van der Waals surface area contributed by atoms with Crippen molar-refractivity contribution in [2.75, 3.05) is 0 Å². The number of allylic oxidation sites excluding steroid dienone is 1. The van der Waals surface area contributed by atoms with Crippen LogP contribution in [0.15, 0.2) is 18.2 Å². The Labute approximate surface area is 111 Å². The smallest absolute Gasteiger partial charge is 0.308 e. The fourth-order valence-electron chi connectivity index (χ4n) is 1.54. The van der Waals surface area contributed by atoms with Crippen molar-refractivity contribution < 1.29 is 14.7 Å². The number of carboxylic acids is 1. The van der Waals surface area contributed by atoms with Gasteiger partial charge in [-0.3, -0.25) is 9.59 Å². The van der Waals surface area contributed by atoms with Crippen LogP contribution in [-0.2, 0) is 16.0 Å². The van der Waals surface area contributed by atoms with Crippen LogP contribution in [0.5, 0.6) is 0 Å². The van der Waals surface area contributed by atoms with Crippen molar-refractivity contribution >= 4 is 29.2 Å². The van der Waals surface area contributed by atoms with E-state index < -0.39 is 5.97 Å². The average molecular weight is 266 g/mol. The minimum atomic E-state index is -0.831. The second-order valence-corrected chi connectivity index (χ2v) is 5.33. The van der Waals surface area contributed by atoms with E-state index in [1.807, 2.05) is 6.07 Å². The molecule has 4 heteroatoms. The number of aliphatic carboxylic acids is 1. The Bertz CT molecular complexity index is 432. The van der Waals surface area contributed by atoms with Crippen LogP contribution in [0.2, 0.25) is 0 Å². The van der Waals surface area contributed by atoms with E-state index in [0.717, 1.165) is 29.0 Å². The Morgan fingerprint density at radius 3 is 2.78 bits per heavy atom. The van der Waals surface area contributed by atoms with Gasteiger partial charge >= 0.3 is 5.97 Å². The monoisotopic (exact) mass is 266 g/mol. The first-order valence-electron chi connectivity index (χ1n) is 6.13. The van der Waals surface area contributed by atoms with E-state index in [2.05, 4.69) is 6.92 Å². The number of rotatable bonds is 8. The topological polar surface area (TPSA) is 54.4 Å². The zero-order valence-corrected chi connectivity index (χ0v) is 11.3. The summed E-state index contributed by atoms with van der Waals surface area (Å²) in [5, 5.41) is 8.65. The van der Waals surface area contributed by atoms with Gasteiger partial charge in [0.05, 0.1) is 6.42 Å². The van der Waals surface area contributed by atoms with Gasteiger partial charge in [0.1, 0.15) is 0 Å². The Balaban J connectivity index is 2.43. The number of ketones is 1. The van der Waals surface area contributed by atoms with Gasteiger partial charge in [0.2, 0.25) is 0 Å². The van der Waals surface area contributed by atoms with Crippen molar-refractivity contribution in [3.05, 3.63) is 28.0 Å². The molecular formula is C14H18O3S. The van der Waals surface area contributed by atoms with Gasteiger partial charge < -0.3 is 5.11 Å². The van der Waals surface area contributed by atoms with E-state index in [1.54, 1.807) is 18.2 Å². The molecule has 0 saturated heterocycles. The normalized spacial score (nSPS) is 10.9. The van der Waals surface area contributed by atoms with Crippen molar-refractivity contribution in [2.45, 2.75) is 39.0 Å². The molecule has 0 radical (unpaired) electrons.